The lowest BCUT2D eigenvalue weighted by Crippen LogP contribution is -2.45. The molecule has 5 aliphatic rings. The summed E-state index contributed by atoms with van der Waals surface area (Å²) < 4.78 is 28.1. The van der Waals surface area contributed by atoms with Crippen molar-refractivity contribution in [2.75, 3.05) is 13.1 Å². The number of benzene rings is 1. The molecular formula is C34H38ClF2N5O2S. The molecule has 1 saturated carbocycles. The smallest absolute Gasteiger partial charge is 0.306 e. The molecule has 7 nitrogen and oxygen atoms in total. The summed E-state index contributed by atoms with van der Waals surface area (Å²) in [6.45, 7) is 7.15. The van der Waals surface area contributed by atoms with E-state index in [9.17, 15) is 18.7 Å². The fourth-order valence-electron chi connectivity index (χ4n) is 7.03. The third-order valence-corrected chi connectivity index (χ3v) is 10.6. The Bertz CT molecular complexity index is 1520. The number of thioether (sulfide) groups is 1. The molecular weight excluding hydrogens is 616 g/mol. The molecule has 2 N–H and O–H groups in total. The summed E-state index contributed by atoms with van der Waals surface area (Å²) in [5.74, 6) is 0.0366. The molecule has 2 unspecified atom stereocenters. The average Bonchev–Trinajstić information content (AvgIpc) is 3.79. The van der Waals surface area contributed by atoms with Gasteiger partial charge in [-0.15, -0.1) is 0 Å². The number of aliphatic imine (C=N–C) groups is 2. The second-order valence-electron chi connectivity index (χ2n) is 12.2. The lowest BCUT2D eigenvalue weighted by Gasteiger charge is -2.35. The summed E-state index contributed by atoms with van der Waals surface area (Å²) >= 11 is 8.31. The number of halogens is 3. The molecule has 11 heteroatoms. The number of alkyl halides is 1. The van der Waals surface area contributed by atoms with Gasteiger partial charge >= 0.3 is 5.97 Å². The van der Waals surface area contributed by atoms with E-state index < -0.39 is 24.0 Å². The van der Waals surface area contributed by atoms with Crippen LogP contribution in [0.25, 0.3) is 0 Å². The van der Waals surface area contributed by atoms with Crippen LogP contribution in [0, 0.1) is 17.7 Å². The van der Waals surface area contributed by atoms with E-state index in [0.29, 0.717) is 35.9 Å². The van der Waals surface area contributed by atoms with Crippen LogP contribution in [0.1, 0.15) is 57.1 Å². The predicted octanol–water partition coefficient (Wildman–Crippen LogP) is 7.37. The Kier molecular flexibility index (Phi) is 9.52. The summed E-state index contributed by atoms with van der Waals surface area (Å²) in [6, 6.07) is 3.98. The number of carbonyl (C=O) groups is 1. The third kappa shape index (κ3) is 6.77. The number of amidine groups is 1. The first-order chi connectivity index (χ1) is 21.7. The first kappa shape index (κ1) is 31.6. The number of carboxylic acids is 1. The van der Waals surface area contributed by atoms with Crippen molar-refractivity contribution in [3.05, 3.63) is 94.2 Å². The number of hydrogen-bond donors (Lipinski definition) is 2. The number of nitrogens with zero attached hydrogens (tertiary/aromatic N) is 4. The summed E-state index contributed by atoms with van der Waals surface area (Å²) in [7, 11) is 0. The third-order valence-electron chi connectivity index (χ3n) is 9.33. The summed E-state index contributed by atoms with van der Waals surface area (Å²) in [5.41, 5.74) is 3.88. The molecule has 6 rings (SSSR count). The van der Waals surface area contributed by atoms with E-state index in [-0.39, 0.29) is 22.4 Å². The van der Waals surface area contributed by atoms with Gasteiger partial charge in [-0.05, 0) is 86.9 Å². The minimum absolute atomic E-state index is 0.104. The molecule has 1 aromatic carbocycles. The zero-order chi connectivity index (χ0) is 31.7. The van der Waals surface area contributed by atoms with E-state index >= 15 is 0 Å². The molecule has 2 fully saturated rings. The van der Waals surface area contributed by atoms with E-state index in [1.165, 1.54) is 25.1 Å². The van der Waals surface area contributed by atoms with Gasteiger partial charge in [0.15, 0.2) is 0 Å². The van der Waals surface area contributed by atoms with Crippen LogP contribution < -0.4 is 5.32 Å². The number of allylic oxidation sites excluding steroid dienone is 3. The lowest BCUT2D eigenvalue weighted by atomic mass is 9.80. The SMILES string of the molecule is C=CN(CCC1CCC(C(=O)O)CC1)[C@H]1CC2=C(C3=N/C(=C\C(C)F)C=C3)[C@H](c3ccc(F)cc3Cl)N=C(C3NC=CS3)N2C1. The standard InChI is InChI=1S/C34H38ClF2N5O2S/c1-3-41(14-12-21-4-6-22(7-5-21)34(43)44)25-18-29-30(28-11-9-24(39-28)16-20(2)36)31(26-10-8-23(37)17-27(26)35)40-32(42(29)19-25)33-38-13-15-45-33/h3,8-11,13,15-17,20-22,25,31,33,38H,1,4-7,12,14,18-19H2,2H3,(H,43,44)/b24-16-/t20?,21?,22?,25-,31-,33?/m0/s1. The molecule has 0 amide bonds. The Balaban J connectivity index is 1.34. The highest BCUT2D eigenvalue weighted by Gasteiger charge is 2.43. The Labute approximate surface area is 272 Å². The Hall–Kier alpha value is -3.37. The van der Waals surface area contributed by atoms with Crippen molar-refractivity contribution in [3.63, 3.8) is 0 Å². The summed E-state index contributed by atoms with van der Waals surface area (Å²) in [6.07, 6.45) is 12.9. The van der Waals surface area contributed by atoms with Crippen LogP contribution in [-0.4, -0.2) is 63.1 Å². The van der Waals surface area contributed by atoms with Crippen LogP contribution in [0.15, 0.2) is 87.8 Å². The number of fused-ring (bicyclic) bond motifs is 1. The van der Waals surface area contributed by atoms with Gasteiger partial charge in [0.1, 0.15) is 29.2 Å². The number of aliphatic carboxylic acids is 1. The molecule has 4 atom stereocenters. The maximum absolute atomic E-state index is 14.2. The van der Waals surface area contributed by atoms with Gasteiger partial charge in [0.05, 0.1) is 23.4 Å². The van der Waals surface area contributed by atoms with Crippen molar-refractivity contribution >= 4 is 40.9 Å². The number of rotatable bonds is 10. The van der Waals surface area contributed by atoms with Crippen LogP contribution in [0.2, 0.25) is 5.02 Å². The normalized spacial score (nSPS) is 29.0. The molecule has 1 aliphatic carbocycles. The lowest BCUT2D eigenvalue weighted by molar-refractivity contribution is -0.143. The molecule has 0 spiro atoms. The molecule has 4 aliphatic heterocycles. The number of nitrogens with one attached hydrogen (secondary N) is 1. The van der Waals surface area contributed by atoms with Crippen molar-refractivity contribution in [1.29, 1.82) is 0 Å². The first-order valence-electron chi connectivity index (χ1n) is 15.6. The monoisotopic (exact) mass is 653 g/mol. The first-order valence-corrected chi connectivity index (χ1v) is 16.9. The van der Waals surface area contributed by atoms with Crippen LogP contribution >= 0.6 is 23.4 Å². The van der Waals surface area contributed by atoms with Crippen molar-refractivity contribution in [3.8, 4) is 0 Å². The minimum atomic E-state index is -1.14. The zero-order valence-electron chi connectivity index (χ0n) is 25.2. The van der Waals surface area contributed by atoms with Gasteiger partial charge in [-0.1, -0.05) is 36.0 Å². The van der Waals surface area contributed by atoms with Gasteiger partial charge < -0.3 is 20.2 Å². The van der Waals surface area contributed by atoms with Crippen LogP contribution in [0.5, 0.6) is 0 Å². The van der Waals surface area contributed by atoms with E-state index in [2.05, 4.69) is 21.7 Å². The predicted molar refractivity (Wildman–Crippen MR) is 177 cm³/mol. The van der Waals surface area contributed by atoms with E-state index in [1.54, 1.807) is 17.8 Å². The maximum Gasteiger partial charge on any atom is 0.306 e. The minimum Gasteiger partial charge on any atom is -0.481 e. The highest BCUT2D eigenvalue weighted by Crippen LogP contribution is 2.45. The summed E-state index contributed by atoms with van der Waals surface area (Å²) in [5, 5.41) is 15.0. The molecule has 238 valence electrons. The van der Waals surface area contributed by atoms with Crippen molar-refractivity contribution in [2.45, 2.75) is 69.1 Å². The zero-order valence-corrected chi connectivity index (χ0v) is 26.8. The largest absolute Gasteiger partial charge is 0.481 e. The van der Waals surface area contributed by atoms with Crippen molar-refractivity contribution < 1.29 is 18.7 Å². The van der Waals surface area contributed by atoms with Gasteiger partial charge in [0, 0.05) is 47.6 Å². The Morgan fingerprint density at radius 2 is 2.11 bits per heavy atom. The maximum atomic E-state index is 14.2. The highest BCUT2D eigenvalue weighted by atomic mass is 35.5. The van der Waals surface area contributed by atoms with Gasteiger partial charge in [0.25, 0.3) is 0 Å². The van der Waals surface area contributed by atoms with Gasteiger partial charge in [0.2, 0.25) is 0 Å². The Morgan fingerprint density at radius 3 is 2.78 bits per heavy atom. The van der Waals surface area contributed by atoms with E-state index in [0.717, 1.165) is 55.8 Å². The van der Waals surface area contributed by atoms with Crippen LogP contribution in [0.3, 0.4) is 0 Å². The number of hydrogen-bond acceptors (Lipinski definition) is 7. The second kappa shape index (κ2) is 13.5. The van der Waals surface area contributed by atoms with Gasteiger partial charge in [-0.3, -0.25) is 9.79 Å². The molecule has 4 heterocycles. The van der Waals surface area contributed by atoms with E-state index in [4.69, 9.17) is 21.6 Å². The van der Waals surface area contributed by atoms with Gasteiger partial charge in [-0.25, -0.2) is 13.8 Å². The topological polar surface area (TPSA) is 80.5 Å². The Morgan fingerprint density at radius 1 is 1.31 bits per heavy atom. The fraction of sp³-hybridized carbons (Fsp3) is 0.441. The molecule has 0 radical (unpaired) electrons. The molecule has 1 saturated heterocycles. The van der Waals surface area contributed by atoms with Gasteiger partial charge in [-0.2, -0.15) is 0 Å². The quantitative estimate of drug-likeness (QED) is 0.274. The van der Waals surface area contributed by atoms with Crippen LogP contribution in [0.4, 0.5) is 8.78 Å². The average molecular weight is 654 g/mol. The molecule has 0 bridgehead atoms. The molecule has 45 heavy (non-hydrogen) atoms. The highest BCUT2D eigenvalue weighted by molar-refractivity contribution is 8.03. The summed E-state index contributed by atoms with van der Waals surface area (Å²) in [4.78, 5) is 26.1. The fourth-order valence-corrected chi connectivity index (χ4v) is 8.08. The van der Waals surface area contributed by atoms with Crippen molar-refractivity contribution in [1.82, 2.24) is 15.1 Å². The van der Waals surface area contributed by atoms with Crippen LogP contribution in [-0.2, 0) is 4.79 Å². The number of carboxylic acid groups (broad SMARTS) is 1. The van der Waals surface area contributed by atoms with E-state index in [1.807, 2.05) is 30.0 Å². The second-order valence-corrected chi connectivity index (χ2v) is 13.7. The molecule has 1 aromatic rings. The molecule has 0 aromatic heterocycles. The van der Waals surface area contributed by atoms with Crippen molar-refractivity contribution in [2.24, 2.45) is 21.8 Å².